The molecule has 0 unspecified atom stereocenters. The first-order valence-electron chi connectivity index (χ1n) is 5.24. The van der Waals surface area contributed by atoms with Crippen LogP contribution in [0.15, 0.2) is 29.3 Å². The van der Waals surface area contributed by atoms with Crippen molar-refractivity contribution >= 4 is 40.2 Å². The first-order valence-corrected chi connectivity index (χ1v) is 6.23. The molecule has 6 N–H and O–H groups in total. The molecule has 1 aromatic carbocycles. The van der Waals surface area contributed by atoms with Gasteiger partial charge in [0.05, 0.1) is 10.7 Å². The van der Waals surface area contributed by atoms with Crippen molar-refractivity contribution < 1.29 is 9.72 Å². The standard InChI is InChI=1S/C10H12N6O3S/c11-9(12)15-10(13)20-5-8(17)14-6-3-1-2-4-7(6)16(18)19/h1-4H,5H2,(H,14,17)(H5,11,12,13,15). The highest BCUT2D eigenvalue weighted by Gasteiger charge is 2.14. The molecule has 1 rings (SSSR count). The molecule has 0 fully saturated rings. The van der Waals surface area contributed by atoms with Crippen LogP contribution in [0, 0.1) is 15.5 Å². The highest BCUT2D eigenvalue weighted by Crippen LogP contribution is 2.23. The topological polar surface area (TPSA) is 160 Å². The Balaban J connectivity index is 2.62. The maximum atomic E-state index is 11.6. The molecule has 20 heavy (non-hydrogen) atoms. The lowest BCUT2D eigenvalue weighted by molar-refractivity contribution is -0.383. The van der Waals surface area contributed by atoms with Crippen molar-refractivity contribution in [2.24, 2.45) is 16.5 Å². The number of aliphatic imine (C=N–C) groups is 1. The molecule has 0 atom stereocenters. The fourth-order valence-corrected chi connectivity index (χ4v) is 1.72. The number of carbonyl (C=O) groups is 1. The molecule has 0 spiro atoms. The summed E-state index contributed by atoms with van der Waals surface area (Å²) in [5.74, 6) is -0.914. The molecule has 0 aliphatic rings. The number of hydrogen-bond acceptors (Lipinski definition) is 5. The zero-order valence-electron chi connectivity index (χ0n) is 10.2. The first kappa shape index (κ1) is 15.4. The van der Waals surface area contributed by atoms with Gasteiger partial charge in [-0.2, -0.15) is 4.99 Å². The molecule has 1 amide bonds. The normalized spacial score (nSPS) is 9.60. The Morgan fingerprint density at radius 1 is 1.45 bits per heavy atom. The van der Waals surface area contributed by atoms with Crippen LogP contribution in [-0.2, 0) is 4.79 Å². The fourth-order valence-electron chi connectivity index (χ4n) is 1.21. The third kappa shape index (κ3) is 4.94. The van der Waals surface area contributed by atoms with E-state index in [-0.39, 0.29) is 28.3 Å². The summed E-state index contributed by atoms with van der Waals surface area (Å²) in [5, 5.41) is 20.3. The van der Waals surface area contributed by atoms with Gasteiger partial charge >= 0.3 is 0 Å². The van der Waals surface area contributed by atoms with Crippen molar-refractivity contribution in [2.75, 3.05) is 11.1 Å². The number of para-hydroxylation sites is 2. The molecule has 0 saturated carbocycles. The molecule has 0 heterocycles. The molecule has 106 valence electrons. The number of nitro groups is 1. The van der Waals surface area contributed by atoms with E-state index in [1.165, 1.54) is 18.2 Å². The van der Waals surface area contributed by atoms with Crippen molar-refractivity contribution in [1.82, 2.24) is 0 Å². The van der Waals surface area contributed by atoms with Gasteiger partial charge in [0.15, 0.2) is 11.1 Å². The maximum absolute atomic E-state index is 11.6. The molecule has 0 aliphatic heterocycles. The molecular weight excluding hydrogens is 284 g/mol. The number of nitrogens with zero attached hydrogens (tertiary/aromatic N) is 2. The van der Waals surface area contributed by atoms with Crippen molar-refractivity contribution in [3.63, 3.8) is 0 Å². The van der Waals surface area contributed by atoms with Gasteiger partial charge in [-0.05, 0) is 6.07 Å². The van der Waals surface area contributed by atoms with Crippen LogP contribution < -0.4 is 16.8 Å². The minimum atomic E-state index is -0.593. The summed E-state index contributed by atoms with van der Waals surface area (Å²) in [4.78, 5) is 25.2. The van der Waals surface area contributed by atoms with E-state index in [9.17, 15) is 14.9 Å². The van der Waals surface area contributed by atoms with Gasteiger partial charge in [0.25, 0.3) is 5.69 Å². The van der Waals surface area contributed by atoms with Crippen LogP contribution in [0.1, 0.15) is 0 Å². The molecule has 10 heteroatoms. The highest BCUT2D eigenvalue weighted by atomic mass is 32.2. The van der Waals surface area contributed by atoms with Crippen LogP contribution in [0.3, 0.4) is 0 Å². The van der Waals surface area contributed by atoms with Gasteiger partial charge < -0.3 is 16.8 Å². The van der Waals surface area contributed by atoms with E-state index in [1.54, 1.807) is 6.07 Å². The average Bonchev–Trinajstić information content (AvgIpc) is 2.36. The predicted octanol–water partition coefficient (Wildman–Crippen LogP) is 0.475. The fraction of sp³-hybridized carbons (Fsp3) is 0.100. The number of nitro benzene ring substituents is 1. The second kappa shape index (κ2) is 7.09. The Bertz CT molecular complexity index is 570. The third-order valence-corrected chi connectivity index (χ3v) is 2.72. The zero-order chi connectivity index (χ0) is 15.1. The van der Waals surface area contributed by atoms with Gasteiger partial charge in [-0.1, -0.05) is 23.9 Å². The Labute approximate surface area is 118 Å². The summed E-state index contributed by atoms with van der Waals surface area (Å²) in [5.41, 5.74) is 10.0. The molecule has 0 aliphatic carbocycles. The van der Waals surface area contributed by atoms with Crippen molar-refractivity contribution in [1.29, 1.82) is 5.41 Å². The number of carbonyl (C=O) groups excluding carboxylic acids is 1. The van der Waals surface area contributed by atoms with Gasteiger partial charge in [0.2, 0.25) is 5.91 Å². The number of anilines is 1. The van der Waals surface area contributed by atoms with Crippen LogP contribution in [0.5, 0.6) is 0 Å². The summed E-state index contributed by atoms with van der Waals surface area (Å²) in [6, 6.07) is 5.76. The second-order valence-electron chi connectivity index (χ2n) is 3.45. The van der Waals surface area contributed by atoms with E-state index in [0.29, 0.717) is 0 Å². The predicted molar refractivity (Wildman–Crippen MR) is 77.7 cm³/mol. The van der Waals surface area contributed by atoms with Gasteiger partial charge in [-0.3, -0.25) is 20.3 Å². The number of hydrogen-bond donors (Lipinski definition) is 4. The van der Waals surface area contributed by atoms with Gasteiger partial charge in [0.1, 0.15) is 5.69 Å². The number of guanidine groups is 1. The van der Waals surface area contributed by atoms with Gasteiger partial charge in [-0.25, -0.2) is 0 Å². The van der Waals surface area contributed by atoms with E-state index >= 15 is 0 Å². The lowest BCUT2D eigenvalue weighted by Crippen LogP contribution is -2.24. The van der Waals surface area contributed by atoms with E-state index in [2.05, 4.69) is 10.3 Å². The van der Waals surface area contributed by atoms with E-state index in [1.807, 2.05) is 0 Å². The molecule has 1 aromatic rings. The minimum absolute atomic E-state index is 0.0940. The minimum Gasteiger partial charge on any atom is -0.370 e. The molecule has 0 bridgehead atoms. The molecule has 0 radical (unpaired) electrons. The number of amides is 1. The van der Waals surface area contributed by atoms with Crippen LogP contribution in [-0.4, -0.2) is 27.7 Å². The Kier molecular flexibility index (Phi) is 5.47. The van der Waals surface area contributed by atoms with Crippen LogP contribution >= 0.6 is 11.8 Å². The SMILES string of the molecule is N=C(N=C(N)N)SCC(=O)Nc1ccccc1[N+](=O)[O-]. The number of benzene rings is 1. The number of rotatable bonds is 4. The van der Waals surface area contributed by atoms with Crippen molar-refractivity contribution in [3.8, 4) is 0 Å². The molecule has 0 saturated heterocycles. The summed E-state index contributed by atoms with van der Waals surface area (Å²) in [7, 11) is 0. The molecular formula is C10H12N6O3S. The van der Waals surface area contributed by atoms with Gasteiger partial charge in [-0.15, -0.1) is 0 Å². The largest absolute Gasteiger partial charge is 0.370 e. The third-order valence-electron chi connectivity index (χ3n) is 1.95. The number of amidine groups is 1. The number of nitrogens with one attached hydrogen (secondary N) is 2. The Morgan fingerprint density at radius 2 is 2.10 bits per heavy atom. The van der Waals surface area contributed by atoms with Crippen LogP contribution in [0.4, 0.5) is 11.4 Å². The maximum Gasteiger partial charge on any atom is 0.292 e. The van der Waals surface area contributed by atoms with E-state index < -0.39 is 10.8 Å². The Hall–Kier alpha value is -2.62. The molecule has 9 nitrogen and oxygen atoms in total. The quantitative estimate of drug-likeness (QED) is 0.273. The summed E-state index contributed by atoms with van der Waals surface area (Å²) >= 11 is 0.800. The number of thioether (sulfide) groups is 1. The summed E-state index contributed by atoms with van der Waals surface area (Å²) < 4.78 is 0. The van der Waals surface area contributed by atoms with E-state index in [0.717, 1.165) is 11.8 Å². The number of nitrogens with two attached hydrogens (primary N) is 2. The lowest BCUT2D eigenvalue weighted by Gasteiger charge is -2.05. The van der Waals surface area contributed by atoms with Gasteiger partial charge in [0, 0.05) is 6.07 Å². The smallest absolute Gasteiger partial charge is 0.292 e. The van der Waals surface area contributed by atoms with E-state index in [4.69, 9.17) is 16.9 Å². The van der Waals surface area contributed by atoms with Crippen LogP contribution in [0.25, 0.3) is 0 Å². The Morgan fingerprint density at radius 3 is 2.70 bits per heavy atom. The second-order valence-corrected chi connectivity index (χ2v) is 4.42. The highest BCUT2D eigenvalue weighted by molar-refractivity contribution is 8.14. The zero-order valence-corrected chi connectivity index (χ0v) is 11.0. The first-order chi connectivity index (χ1) is 9.40. The summed E-state index contributed by atoms with van der Waals surface area (Å²) in [6.07, 6.45) is 0. The summed E-state index contributed by atoms with van der Waals surface area (Å²) in [6.45, 7) is 0. The lowest BCUT2D eigenvalue weighted by atomic mass is 10.2. The average molecular weight is 296 g/mol. The molecule has 0 aromatic heterocycles. The monoisotopic (exact) mass is 296 g/mol. The van der Waals surface area contributed by atoms with Crippen molar-refractivity contribution in [2.45, 2.75) is 0 Å². The van der Waals surface area contributed by atoms with Crippen molar-refractivity contribution in [3.05, 3.63) is 34.4 Å². The van der Waals surface area contributed by atoms with Crippen LogP contribution in [0.2, 0.25) is 0 Å².